The van der Waals surface area contributed by atoms with E-state index in [-0.39, 0.29) is 18.0 Å². The number of amides is 1. The zero-order chi connectivity index (χ0) is 33.8. The lowest BCUT2D eigenvalue weighted by atomic mass is 10.00. The van der Waals surface area contributed by atoms with Gasteiger partial charge in [0.15, 0.2) is 5.65 Å². The minimum Gasteiger partial charge on any atom is -0.493 e. The molecule has 0 spiro atoms. The third-order valence-electron chi connectivity index (χ3n) is 6.97. The molecule has 4 aromatic heterocycles. The number of hydrogen-bond acceptors (Lipinski definition) is 9. The molecule has 6 rings (SSSR count). The minimum absolute atomic E-state index is 0.236. The van der Waals surface area contributed by atoms with E-state index in [9.17, 15) is 19.3 Å². The summed E-state index contributed by atoms with van der Waals surface area (Å²) in [7, 11) is 0. The van der Waals surface area contributed by atoms with Crippen molar-refractivity contribution in [2.45, 2.75) is 77.0 Å². The number of fused-ring (bicyclic) bond motifs is 2. The molecule has 0 radical (unpaired) electrons. The molecule has 19 heteroatoms. The Morgan fingerprint density at radius 1 is 1.00 bits per heavy atom. The van der Waals surface area contributed by atoms with Gasteiger partial charge in [-0.2, -0.15) is 14.7 Å². The van der Waals surface area contributed by atoms with Crippen molar-refractivity contribution in [2.75, 3.05) is 13.1 Å². The third-order valence-corrected chi connectivity index (χ3v) is 7.43. The van der Waals surface area contributed by atoms with Gasteiger partial charge >= 0.3 is 11.3 Å². The number of ether oxygens (including phenoxy) is 1. The van der Waals surface area contributed by atoms with Crippen LogP contribution in [0, 0.1) is 0 Å². The topological polar surface area (TPSA) is 159 Å². The number of rotatable bonds is 2. The van der Waals surface area contributed by atoms with Gasteiger partial charge in [0.25, 0.3) is 5.56 Å². The van der Waals surface area contributed by atoms with Crippen LogP contribution in [0.25, 0.3) is 11.3 Å². The average Bonchev–Trinajstić information content (AvgIpc) is 3.57. The number of likely N-dealkylation sites (tertiary alicyclic amines) is 1. The Morgan fingerprint density at radius 3 is 2.33 bits per heavy atom. The summed E-state index contributed by atoms with van der Waals surface area (Å²) in [4.78, 5) is 32.5. The van der Waals surface area contributed by atoms with Crippen LogP contribution in [-0.2, 0) is 9.30 Å². The van der Waals surface area contributed by atoms with Crippen molar-refractivity contribution in [3.05, 3.63) is 56.3 Å². The van der Waals surface area contributed by atoms with Gasteiger partial charge < -0.3 is 20.1 Å². The summed E-state index contributed by atoms with van der Waals surface area (Å²) in [5, 5.41) is 19.8. The molecule has 6 heterocycles. The number of hydrogen-bond donors (Lipinski definition) is 3. The number of carbonyl (C=O) groups excluding carboxylic acids is 1. The van der Waals surface area contributed by atoms with Crippen LogP contribution in [0.3, 0.4) is 0 Å². The molecule has 2 atom stereocenters. The first-order chi connectivity index (χ1) is 21.5. The molecule has 4 aromatic rings. The Labute approximate surface area is 289 Å². The Balaban J connectivity index is 0.000000190. The lowest BCUT2D eigenvalue weighted by molar-refractivity contribution is 0.00897. The fourth-order valence-corrected chi connectivity index (χ4v) is 5.62. The van der Waals surface area contributed by atoms with Gasteiger partial charge in [-0.05, 0) is 93.1 Å². The summed E-state index contributed by atoms with van der Waals surface area (Å²) in [6.45, 7) is 7.13. The predicted molar refractivity (Wildman–Crippen MR) is 180 cm³/mol. The molecule has 2 aliphatic heterocycles. The first-order valence-electron chi connectivity index (χ1n) is 14.4. The number of carbonyl (C=O) groups is 1. The van der Waals surface area contributed by atoms with Crippen LogP contribution in [0.1, 0.15) is 82.8 Å². The van der Waals surface area contributed by atoms with E-state index in [1.165, 1.54) is 17.4 Å². The van der Waals surface area contributed by atoms with E-state index in [2.05, 4.69) is 59.2 Å². The summed E-state index contributed by atoms with van der Waals surface area (Å²) in [6, 6.07) is 6.36. The Bertz CT molecular complexity index is 1770. The number of halogens is 5. The zero-order valence-electron chi connectivity index (χ0n) is 25.2. The summed E-state index contributed by atoms with van der Waals surface area (Å²) in [6.07, 6.45) is 5.83. The molecule has 2 aliphatic rings. The van der Waals surface area contributed by atoms with Crippen molar-refractivity contribution >= 4 is 79.5 Å². The van der Waals surface area contributed by atoms with Gasteiger partial charge in [0.05, 0.1) is 29.5 Å². The van der Waals surface area contributed by atoms with E-state index in [0.717, 1.165) is 44.0 Å². The van der Waals surface area contributed by atoms with Gasteiger partial charge in [-0.25, -0.2) is 14.3 Å². The van der Waals surface area contributed by atoms with Gasteiger partial charge in [-0.3, -0.25) is 14.3 Å². The lowest BCUT2D eigenvalue weighted by Gasteiger charge is -2.35. The molecular weight excluding hydrogens is 725 g/mol. The van der Waals surface area contributed by atoms with Gasteiger partial charge in [-0.1, -0.05) is 29.6 Å². The molecule has 2 fully saturated rings. The fraction of sp³-hybridized carbons (Fsp3) is 0.519. The van der Waals surface area contributed by atoms with Crippen LogP contribution in [-0.4, -0.2) is 64.0 Å². The Morgan fingerprint density at radius 2 is 1.67 bits per heavy atom. The molecule has 0 aromatic carbocycles. The van der Waals surface area contributed by atoms with Crippen molar-refractivity contribution in [3.8, 4) is 5.88 Å². The largest absolute Gasteiger partial charge is 0.493 e. The lowest BCUT2D eigenvalue weighted by Crippen LogP contribution is -2.42. The Hall–Kier alpha value is -2.25. The summed E-state index contributed by atoms with van der Waals surface area (Å²) < 4.78 is 17.9. The van der Waals surface area contributed by atoms with Crippen molar-refractivity contribution in [1.82, 2.24) is 39.4 Å². The SMILES string of the molecule is CC(C)(C)OC(=O)N1CCCC[C@H]1c1cc2[nH]c(=O)cc(O)n2n1.Clc1cc(Cl)n2nc([C@@H]3CCCCN3)cc2n1.O=P(Cl)(Cl)Cl. The van der Waals surface area contributed by atoms with Crippen molar-refractivity contribution in [2.24, 2.45) is 0 Å². The molecule has 0 aliphatic carbocycles. The van der Waals surface area contributed by atoms with Crippen LogP contribution < -0.4 is 10.9 Å². The van der Waals surface area contributed by atoms with Crippen molar-refractivity contribution in [1.29, 1.82) is 0 Å². The molecular formula is C27H34Cl5N8O5P. The van der Waals surface area contributed by atoms with E-state index in [1.807, 2.05) is 26.8 Å². The maximum atomic E-state index is 12.5. The summed E-state index contributed by atoms with van der Waals surface area (Å²) in [5.41, 5.74) is 1.73. The third kappa shape index (κ3) is 10.4. The van der Waals surface area contributed by atoms with E-state index in [4.69, 9.17) is 27.9 Å². The molecule has 13 nitrogen and oxygen atoms in total. The second-order valence-electron chi connectivity index (χ2n) is 11.7. The minimum atomic E-state index is -3.22. The second-order valence-corrected chi connectivity index (χ2v) is 19.1. The second kappa shape index (κ2) is 15.3. The number of nitrogens with one attached hydrogen (secondary N) is 2. The highest BCUT2D eigenvalue weighted by atomic mass is 36.0. The molecule has 2 saturated heterocycles. The van der Waals surface area contributed by atoms with Crippen LogP contribution >= 0.6 is 62.1 Å². The number of H-pyrrole nitrogens is 1. The van der Waals surface area contributed by atoms with Crippen LogP contribution in [0.5, 0.6) is 5.88 Å². The van der Waals surface area contributed by atoms with Gasteiger partial charge in [-0.15, -0.1) is 0 Å². The number of aromatic hydroxyl groups is 1. The molecule has 0 unspecified atom stereocenters. The predicted octanol–water partition coefficient (Wildman–Crippen LogP) is 7.85. The smallest absolute Gasteiger partial charge is 0.410 e. The van der Waals surface area contributed by atoms with Crippen molar-refractivity contribution in [3.63, 3.8) is 0 Å². The van der Waals surface area contributed by atoms with Gasteiger partial charge in [0, 0.05) is 24.7 Å². The summed E-state index contributed by atoms with van der Waals surface area (Å²) >= 11 is 25.8. The van der Waals surface area contributed by atoms with Gasteiger partial charge in [0.1, 0.15) is 21.6 Å². The molecule has 1 amide bonds. The number of aromatic amines is 1. The van der Waals surface area contributed by atoms with Crippen LogP contribution in [0.4, 0.5) is 4.79 Å². The fourth-order valence-electron chi connectivity index (χ4n) is 5.15. The highest BCUT2D eigenvalue weighted by molar-refractivity contribution is 8.24. The van der Waals surface area contributed by atoms with E-state index in [0.29, 0.717) is 39.9 Å². The van der Waals surface area contributed by atoms with Crippen molar-refractivity contribution < 1.29 is 19.2 Å². The first-order valence-corrected chi connectivity index (χ1v) is 19.6. The molecule has 252 valence electrons. The maximum Gasteiger partial charge on any atom is 0.410 e. The summed E-state index contributed by atoms with van der Waals surface area (Å²) in [5.74, 6) is -0.236. The van der Waals surface area contributed by atoms with E-state index >= 15 is 0 Å². The highest BCUT2D eigenvalue weighted by Crippen LogP contribution is 2.61. The number of piperidine rings is 2. The van der Waals surface area contributed by atoms with E-state index in [1.54, 1.807) is 21.5 Å². The average molecular weight is 759 g/mol. The van der Waals surface area contributed by atoms with Gasteiger partial charge in [0.2, 0.25) is 5.88 Å². The highest BCUT2D eigenvalue weighted by Gasteiger charge is 2.33. The number of nitrogens with zero attached hydrogens (tertiary/aromatic N) is 6. The normalized spacial score (nSPS) is 18.8. The van der Waals surface area contributed by atoms with Crippen LogP contribution in [0.15, 0.2) is 29.1 Å². The Kier molecular flexibility index (Phi) is 12.2. The number of aromatic nitrogens is 6. The molecule has 0 saturated carbocycles. The molecule has 46 heavy (non-hydrogen) atoms. The molecule has 0 bridgehead atoms. The standard InChI is InChI=1S/C16H22N4O4.C11H12Cl2N4.Cl3OP/c1-16(2,3)24-15(23)19-7-5-4-6-11(19)10-8-12-17-13(21)9-14(22)20(12)18-10;12-9-6-10(13)17-11(15-9)5-8(16-17)7-3-1-2-4-14-7;1-5(2,3)4/h8-9,11,22H,4-7H2,1-3H3,(H,17,21);5-7,14H,1-4H2;/t11-;7-;/m00./s1. The monoisotopic (exact) mass is 756 g/mol. The first kappa shape index (κ1) is 36.6. The van der Waals surface area contributed by atoms with E-state index < -0.39 is 16.4 Å². The quantitative estimate of drug-likeness (QED) is 0.137. The molecule has 3 N–H and O–H groups in total. The zero-order valence-corrected chi connectivity index (χ0v) is 29.9. The maximum absolute atomic E-state index is 12.5. The van der Waals surface area contributed by atoms with Crippen LogP contribution in [0.2, 0.25) is 10.3 Å².